The van der Waals surface area contributed by atoms with Gasteiger partial charge >= 0.3 is 0 Å². The minimum absolute atomic E-state index is 0.858. The van der Waals surface area contributed by atoms with E-state index < -0.39 is 0 Å². The monoisotopic (exact) mass is 286 g/mol. The molecule has 0 aliphatic heterocycles. The number of halogens is 2. The first kappa shape index (κ1) is 9.90. The molecule has 1 aliphatic carbocycles. The third-order valence-electron chi connectivity index (χ3n) is 1.44. The topological polar surface area (TPSA) is 0 Å². The zero-order valence-electron chi connectivity index (χ0n) is 6.58. The molecule has 0 saturated carbocycles. The Morgan fingerprint density at radius 3 is 1.67 bits per heavy atom. The molecule has 0 bridgehead atoms. The Labute approximate surface area is 90.1 Å². The molecule has 0 spiro atoms. The predicted molar refractivity (Wildman–Crippen MR) is 58.9 cm³/mol. The lowest BCUT2D eigenvalue weighted by molar-refractivity contribution is 0.782. The Morgan fingerprint density at radius 2 is 1.25 bits per heavy atom. The Kier molecular flexibility index (Phi) is 4.51. The quantitative estimate of drug-likeness (QED) is 0.598. The summed E-state index contributed by atoms with van der Waals surface area (Å²) in [5, 5.41) is 0. The molecule has 0 radical (unpaired) electrons. The summed E-state index contributed by atoms with van der Waals surface area (Å²) in [5.41, 5.74) is 0. The normalized spacial score (nSPS) is 23.2. The van der Waals surface area contributed by atoms with Crippen LogP contribution >= 0.6 is 31.9 Å². The van der Waals surface area contributed by atoms with E-state index in [1.807, 2.05) is 0 Å². The molecule has 0 nitrogen and oxygen atoms in total. The van der Waals surface area contributed by atoms with Gasteiger partial charge in [-0.1, -0.05) is 23.7 Å². The van der Waals surface area contributed by atoms with Crippen LogP contribution in [-0.2, 0) is 0 Å². The zero-order chi connectivity index (χ0) is 8.81. The second kappa shape index (κ2) is 5.46. The lowest BCUT2D eigenvalue weighted by Gasteiger charge is -1.92. The number of hydrogen-bond donors (Lipinski definition) is 0. The van der Waals surface area contributed by atoms with Gasteiger partial charge in [0.1, 0.15) is 0 Å². The Balaban J connectivity index is 2.84. The van der Waals surface area contributed by atoms with E-state index >= 15 is 0 Å². The fourth-order valence-corrected chi connectivity index (χ4v) is 1.30. The van der Waals surface area contributed by atoms with Gasteiger partial charge in [0.15, 0.2) is 0 Å². The summed E-state index contributed by atoms with van der Waals surface area (Å²) in [5.74, 6) is 12.2. The van der Waals surface area contributed by atoms with Crippen molar-refractivity contribution in [2.75, 3.05) is 0 Å². The smallest absolute Gasteiger partial charge is 0.0900 e. The lowest BCUT2D eigenvalue weighted by Crippen LogP contribution is -1.77. The van der Waals surface area contributed by atoms with Crippen molar-refractivity contribution in [2.24, 2.45) is 0 Å². The molecule has 0 saturated heterocycles. The van der Waals surface area contributed by atoms with E-state index in [9.17, 15) is 0 Å². The summed E-state index contributed by atoms with van der Waals surface area (Å²) in [4.78, 5) is 0. The molecule has 0 aromatic rings. The second-order valence-electron chi connectivity index (χ2n) is 2.44. The highest BCUT2D eigenvalue weighted by molar-refractivity contribution is 9.14. The fraction of sp³-hybridized carbons (Fsp3) is 0.400. The van der Waals surface area contributed by atoms with E-state index in [0.717, 1.165) is 34.6 Å². The first-order valence-electron chi connectivity index (χ1n) is 3.84. The molecule has 0 aromatic heterocycles. The summed E-state index contributed by atoms with van der Waals surface area (Å²) >= 11 is 6.71. The molecule has 0 N–H and O–H groups in total. The van der Waals surface area contributed by atoms with E-state index in [2.05, 4.69) is 55.5 Å². The highest BCUT2D eigenvalue weighted by Crippen LogP contribution is 2.16. The van der Waals surface area contributed by atoms with Crippen molar-refractivity contribution in [3.05, 3.63) is 8.96 Å². The van der Waals surface area contributed by atoms with Gasteiger partial charge in [0.25, 0.3) is 0 Å². The molecule has 0 atom stereocenters. The van der Waals surface area contributed by atoms with Crippen LogP contribution in [0.1, 0.15) is 25.7 Å². The lowest BCUT2D eigenvalue weighted by atomic mass is 10.2. The van der Waals surface area contributed by atoms with Crippen molar-refractivity contribution in [3.8, 4) is 23.7 Å². The minimum Gasteiger partial charge on any atom is -0.0973 e. The van der Waals surface area contributed by atoms with E-state index in [4.69, 9.17) is 0 Å². The van der Waals surface area contributed by atoms with Gasteiger partial charge in [0.05, 0.1) is 8.96 Å². The molecule has 62 valence electrons. The largest absolute Gasteiger partial charge is 0.0973 e. The molecule has 1 rings (SSSR count). The molecule has 0 fully saturated rings. The van der Waals surface area contributed by atoms with Gasteiger partial charge in [-0.2, -0.15) is 0 Å². The molecular formula is C10H8Br2. The molecule has 2 heteroatoms. The van der Waals surface area contributed by atoms with E-state index in [1.54, 1.807) is 0 Å². The third-order valence-corrected chi connectivity index (χ3v) is 3.16. The maximum atomic E-state index is 3.36. The molecule has 0 unspecified atom stereocenters. The van der Waals surface area contributed by atoms with Crippen LogP contribution in [0, 0.1) is 23.7 Å². The second-order valence-corrected chi connectivity index (χ2v) is 4.02. The zero-order valence-corrected chi connectivity index (χ0v) is 9.76. The highest BCUT2D eigenvalue weighted by Gasteiger charge is 1.93. The van der Waals surface area contributed by atoms with E-state index in [1.165, 1.54) is 0 Å². The Bertz CT molecular complexity index is 272. The SMILES string of the molecule is Br/C1=C(\Br)C#CCCCCC#C1. The van der Waals surface area contributed by atoms with Crippen molar-refractivity contribution < 1.29 is 0 Å². The summed E-state index contributed by atoms with van der Waals surface area (Å²) in [6, 6.07) is 0. The van der Waals surface area contributed by atoms with Crippen molar-refractivity contribution in [1.82, 2.24) is 0 Å². The minimum atomic E-state index is 0.858. The Morgan fingerprint density at radius 1 is 0.833 bits per heavy atom. The molecule has 12 heavy (non-hydrogen) atoms. The van der Waals surface area contributed by atoms with Gasteiger partial charge in [0, 0.05) is 12.8 Å². The van der Waals surface area contributed by atoms with Crippen LogP contribution in [0.15, 0.2) is 8.96 Å². The summed E-state index contributed by atoms with van der Waals surface area (Å²) in [7, 11) is 0. The first-order chi connectivity index (χ1) is 5.80. The Hall–Kier alpha value is -0.180. The molecule has 0 aromatic carbocycles. The summed E-state index contributed by atoms with van der Waals surface area (Å²) in [6.07, 6.45) is 4.24. The van der Waals surface area contributed by atoms with Gasteiger partial charge in [0.2, 0.25) is 0 Å². The number of rotatable bonds is 0. The van der Waals surface area contributed by atoms with Crippen LogP contribution < -0.4 is 0 Å². The van der Waals surface area contributed by atoms with Gasteiger partial charge in [-0.3, -0.25) is 0 Å². The molecule has 0 amide bonds. The van der Waals surface area contributed by atoms with Crippen LogP contribution in [-0.4, -0.2) is 0 Å². The van der Waals surface area contributed by atoms with Gasteiger partial charge in [-0.15, -0.1) is 0 Å². The van der Waals surface area contributed by atoms with Gasteiger partial charge in [-0.25, -0.2) is 0 Å². The van der Waals surface area contributed by atoms with Gasteiger partial charge in [-0.05, 0) is 44.7 Å². The molecule has 1 aliphatic rings. The number of allylic oxidation sites excluding steroid dienone is 2. The number of hydrogen-bond acceptors (Lipinski definition) is 0. The average molecular weight is 288 g/mol. The van der Waals surface area contributed by atoms with Crippen molar-refractivity contribution >= 4 is 31.9 Å². The van der Waals surface area contributed by atoms with Crippen molar-refractivity contribution in [2.45, 2.75) is 25.7 Å². The predicted octanol–water partition coefficient (Wildman–Crippen LogP) is 3.57. The maximum absolute atomic E-state index is 3.36. The van der Waals surface area contributed by atoms with Crippen LogP contribution in [0.5, 0.6) is 0 Å². The fourth-order valence-electron chi connectivity index (χ4n) is 0.817. The van der Waals surface area contributed by atoms with Crippen LogP contribution in [0.3, 0.4) is 0 Å². The van der Waals surface area contributed by atoms with Crippen molar-refractivity contribution in [3.63, 3.8) is 0 Å². The summed E-state index contributed by atoms with van der Waals surface area (Å²) < 4.78 is 1.72. The highest BCUT2D eigenvalue weighted by atomic mass is 79.9. The van der Waals surface area contributed by atoms with Crippen LogP contribution in [0.25, 0.3) is 0 Å². The summed E-state index contributed by atoms with van der Waals surface area (Å²) in [6.45, 7) is 0. The first-order valence-corrected chi connectivity index (χ1v) is 5.42. The van der Waals surface area contributed by atoms with E-state index in [0.29, 0.717) is 0 Å². The van der Waals surface area contributed by atoms with E-state index in [-0.39, 0.29) is 0 Å². The van der Waals surface area contributed by atoms with Gasteiger partial charge < -0.3 is 0 Å². The standard InChI is InChI=1S/C10H8Br2/c11-9-7-5-3-1-2-4-6-8-10(9)12/h1-4H2/b10-9-. The maximum Gasteiger partial charge on any atom is 0.0900 e. The van der Waals surface area contributed by atoms with Crippen molar-refractivity contribution in [1.29, 1.82) is 0 Å². The van der Waals surface area contributed by atoms with Crippen LogP contribution in [0.2, 0.25) is 0 Å². The van der Waals surface area contributed by atoms with Crippen LogP contribution in [0.4, 0.5) is 0 Å². The molecular weight excluding hydrogens is 280 g/mol. The molecule has 0 heterocycles. The average Bonchev–Trinajstić information content (AvgIpc) is 2.08. The third kappa shape index (κ3) is 3.48.